The van der Waals surface area contributed by atoms with Crippen molar-refractivity contribution in [2.24, 2.45) is 0 Å². The van der Waals surface area contributed by atoms with Gasteiger partial charge in [-0.05, 0) is 30.7 Å². The Bertz CT molecular complexity index is 760. The van der Waals surface area contributed by atoms with Crippen LogP contribution in [0.15, 0.2) is 48.5 Å². The van der Waals surface area contributed by atoms with E-state index in [0.717, 1.165) is 37.4 Å². The fourth-order valence-corrected chi connectivity index (χ4v) is 3.57. The van der Waals surface area contributed by atoms with E-state index in [9.17, 15) is 9.90 Å². The van der Waals surface area contributed by atoms with Crippen LogP contribution >= 0.6 is 11.6 Å². The lowest BCUT2D eigenvalue weighted by Gasteiger charge is -2.36. The Kier molecular flexibility index (Phi) is 6.01. The summed E-state index contributed by atoms with van der Waals surface area (Å²) in [4.78, 5) is 16.6. The number of piperazine rings is 1. The van der Waals surface area contributed by atoms with E-state index < -0.39 is 0 Å². The van der Waals surface area contributed by atoms with E-state index in [-0.39, 0.29) is 11.9 Å². The molecule has 0 saturated carbocycles. The van der Waals surface area contributed by atoms with E-state index in [2.05, 4.69) is 15.1 Å². The van der Waals surface area contributed by atoms with E-state index in [1.165, 1.54) is 0 Å². The number of hydrogen-bond donors (Lipinski definition) is 2. The maximum Gasteiger partial charge on any atom is 0.234 e. The van der Waals surface area contributed by atoms with Crippen molar-refractivity contribution in [2.75, 3.05) is 37.6 Å². The van der Waals surface area contributed by atoms with Gasteiger partial charge in [0.15, 0.2) is 0 Å². The van der Waals surface area contributed by atoms with Crippen molar-refractivity contribution in [2.45, 2.75) is 13.0 Å². The van der Waals surface area contributed by atoms with Crippen molar-refractivity contribution < 1.29 is 9.90 Å². The van der Waals surface area contributed by atoms with E-state index in [0.29, 0.717) is 17.3 Å². The lowest BCUT2D eigenvalue weighted by Crippen LogP contribution is -2.49. The van der Waals surface area contributed by atoms with Gasteiger partial charge in [0.2, 0.25) is 5.91 Å². The van der Waals surface area contributed by atoms with E-state index >= 15 is 0 Å². The molecule has 1 atom stereocenters. The second-order valence-corrected chi connectivity index (χ2v) is 6.97. The summed E-state index contributed by atoms with van der Waals surface area (Å²) < 4.78 is 0. The fraction of sp³-hybridized carbons (Fsp3) is 0.350. The molecule has 5 nitrogen and oxygen atoms in total. The van der Waals surface area contributed by atoms with Gasteiger partial charge in [-0.25, -0.2) is 0 Å². The number of nitrogens with one attached hydrogen (secondary N) is 1. The first-order valence-corrected chi connectivity index (χ1v) is 9.21. The molecule has 0 unspecified atom stereocenters. The van der Waals surface area contributed by atoms with Crippen molar-refractivity contribution in [1.82, 2.24) is 10.2 Å². The summed E-state index contributed by atoms with van der Waals surface area (Å²) in [6.07, 6.45) is 0. The number of carbonyl (C=O) groups is 1. The number of phenols is 1. The highest BCUT2D eigenvalue weighted by Crippen LogP contribution is 2.27. The van der Waals surface area contributed by atoms with Gasteiger partial charge in [-0.15, -0.1) is 0 Å². The number of amides is 1. The first-order chi connectivity index (χ1) is 12.5. The molecule has 1 fully saturated rings. The lowest BCUT2D eigenvalue weighted by atomic mass is 10.1. The zero-order valence-electron chi connectivity index (χ0n) is 14.9. The predicted molar refractivity (Wildman–Crippen MR) is 105 cm³/mol. The number of halogens is 1. The first kappa shape index (κ1) is 18.5. The number of para-hydroxylation sites is 2. The zero-order valence-corrected chi connectivity index (χ0v) is 15.6. The number of phenolic OH excluding ortho intramolecular Hbond substituents is 1. The standard InChI is InChI=1S/C20H24ClN3O2/c1-15(16-6-2-3-7-17(16)21)22-20(26)14-23-10-12-24(13-11-23)18-8-4-5-9-19(18)25/h2-9,15,25H,10-14H2,1H3,(H,22,26)/t15-/m0/s1. The van der Waals surface area contributed by atoms with Crippen molar-refractivity contribution >= 4 is 23.2 Å². The SMILES string of the molecule is C[C@H](NC(=O)CN1CCN(c2ccccc2O)CC1)c1ccccc1Cl. The number of benzene rings is 2. The summed E-state index contributed by atoms with van der Waals surface area (Å²) >= 11 is 6.19. The molecule has 138 valence electrons. The second kappa shape index (κ2) is 8.43. The van der Waals surface area contributed by atoms with Crippen LogP contribution in [0.1, 0.15) is 18.5 Å². The molecule has 0 aliphatic carbocycles. The van der Waals surface area contributed by atoms with Gasteiger partial charge < -0.3 is 15.3 Å². The largest absolute Gasteiger partial charge is 0.506 e. The Morgan fingerprint density at radius 2 is 1.77 bits per heavy atom. The average molecular weight is 374 g/mol. The molecule has 2 aromatic rings. The van der Waals surface area contributed by atoms with Gasteiger partial charge >= 0.3 is 0 Å². The third-order valence-corrected chi connectivity index (χ3v) is 5.06. The van der Waals surface area contributed by atoms with E-state index in [4.69, 9.17) is 11.6 Å². The molecule has 1 amide bonds. The van der Waals surface area contributed by atoms with Crippen molar-refractivity contribution in [3.8, 4) is 5.75 Å². The Hall–Kier alpha value is -2.24. The van der Waals surface area contributed by atoms with Gasteiger partial charge in [-0.3, -0.25) is 9.69 Å². The Balaban J connectivity index is 1.49. The molecule has 1 aliphatic heterocycles. The van der Waals surface area contributed by atoms with Crippen LogP contribution in [0.5, 0.6) is 5.75 Å². The van der Waals surface area contributed by atoms with Crippen LogP contribution in [0.2, 0.25) is 5.02 Å². The topological polar surface area (TPSA) is 55.8 Å². The second-order valence-electron chi connectivity index (χ2n) is 6.56. The third kappa shape index (κ3) is 4.48. The molecular weight excluding hydrogens is 350 g/mol. The number of carbonyl (C=O) groups excluding carboxylic acids is 1. The summed E-state index contributed by atoms with van der Waals surface area (Å²) in [6, 6.07) is 14.8. The molecule has 2 N–H and O–H groups in total. The van der Waals surface area contributed by atoms with Gasteiger partial charge in [0.25, 0.3) is 0 Å². The van der Waals surface area contributed by atoms with Gasteiger partial charge in [-0.2, -0.15) is 0 Å². The summed E-state index contributed by atoms with van der Waals surface area (Å²) in [5.74, 6) is 0.292. The molecule has 3 rings (SSSR count). The van der Waals surface area contributed by atoms with Crippen molar-refractivity contribution in [3.05, 3.63) is 59.1 Å². The average Bonchev–Trinajstić information content (AvgIpc) is 2.63. The van der Waals surface area contributed by atoms with Crippen LogP contribution in [-0.4, -0.2) is 48.6 Å². The van der Waals surface area contributed by atoms with Gasteiger partial charge in [-0.1, -0.05) is 41.9 Å². The van der Waals surface area contributed by atoms with Crippen LogP contribution < -0.4 is 10.2 Å². The number of anilines is 1. The Labute approximate surface area is 159 Å². The van der Waals surface area contributed by atoms with E-state index in [1.54, 1.807) is 6.07 Å². The minimum Gasteiger partial charge on any atom is -0.506 e. The van der Waals surface area contributed by atoms with Crippen LogP contribution in [0, 0.1) is 0 Å². The number of aromatic hydroxyl groups is 1. The summed E-state index contributed by atoms with van der Waals surface area (Å²) in [5.41, 5.74) is 1.77. The minimum absolute atomic E-state index is 0.00609. The van der Waals surface area contributed by atoms with Crippen LogP contribution in [0.4, 0.5) is 5.69 Å². The van der Waals surface area contributed by atoms with Crippen LogP contribution in [0.25, 0.3) is 0 Å². The highest BCUT2D eigenvalue weighted by molar-refractivity contribution is 6.31. The van der Waals surface area contributed by atoms with Crippen molar-refractivity contribution in [1.29, 1.82) is 0 Å². The third-order valence-electron chi connectivity index (χ3n) is 4.71. The molecule has 26 heavy (non-hydrogen) atoms. The number of rotatable bonds is 5. The molecule has 0 aromatic heterocycles. The highest BCUT2D eigenvalue weighted by atomic mass is 35.5. The number of hydrogen-bond acceptors (Lipinski definition) is 4. The molecule has 6 heteroatoms. The van der Waals surface area contributed by atoms with Gasteiger partial charge in [0, 0.05) is 31.2 Å². The van der Waals surface area contributed by atoms with E-state index in [1.807, 2.05) is 49.4 Å². The summed E-state index contributed by atoms with van der Waals surface area (Å²) in [7, 11) is 0. The summed E-state index contributed by atoms with van der Waals surface area (Å²) in [5, 5.41) is 13.7. The van der Waals surface area contributed by atoms with Gasteiger partial charge in [0.1, 0.15) is 5.75 Å². The van der Waals surface area contributed by atoms with Crippen LogP contribution in [0.3, 0.4) is 0 Å². The maximum atomic E-state index is 12.4. The Morgan fingerprint density at radius 1 is 1.12 bits per heavy atom. The molecule has 0 spiro atoms. The quantitative estimate of drug-likeness (QED) is 0.845. The van der Waals surface area contributed by atoms with Crippen LogP contribution in [-0.2, 0) is 4.79 Å². The molecule has 2 aromatic carbocycles. The van der Waals surface area contributed by atoms with Gasteiger partial charge in [0.05, 0.1) is 18.3 Å². The number of nitrogens with zero attached hydrogens (tertiary/aromatic N) is 2. The highest BCUT2D eigenvalue weighted by Gasteiger charge is 2.21. The molecular formula is C20H24ClN3O2. The fourth-order valence-electron chi connectivity index (χ4n) is 3.27. The van der Waals surface area contributed by atoms with Crippen molar-refractivity contribution in [3.63, 3.8) is 0 Å². The predicted octanol–water partition coefficient (Wildman–Crippen LogP) is 3.05. The lowest BCUT2D eigenvalue weighted by molar-refractivity contribution is -0.123. The molecule has 0 radical (unpaired) electrons. The molecule has 0 bridgehead atoms. The smallest absolute Gasteiger partial charge is 0.234 e. The molecule has 1 aliphatic rings. The molecule has 1 saturated heterocycles. The first-order valence-electron chi connectivity index (χ1n) is 8.83. The minimum atomic E-state index is -0.126. The zero-order chi connectivity index (χ0) is 18.5. The monoisotopic (exact) mass is 373 g/mol. The maximum absolute atomic E-state index is 12.4. The Morgan fingerprint density at radius 3 is 2.46 bits per heavy atom. The summed E-state index contributed by atoms with van der Waals surface area (Å²) in [6.45, 7) is 5.43. The normalized spacial score (nSPS) is 16.3. The molecule has 1 heterocycles.